The van der Waals surface area contributed by atoms with Crippen molar-refractivity contribution in [3.05, 3.63) is 109 Å². The van der Waals surface area contributed by atoms with Crippen LogP contribution in [0.3, 0.4) is 0 Å². The molecule has 1 aromatic carbocycles. The zero-order valence-corrected chi connectivity index (χ0v) is 20.2. The van der Waals surface area contributed by atoms with Gasteiger partial charge in [-0.1, -0.05) is 36.4 Å². The molecule has 0 fully saturated rings. The molecule has 7 rings (SSSR count). The highest BCUT2D eigenvalue weighted by Crippen LogP contribution is 2.34. The number of aromatic amines is 2. The second kappa shape index (κ2) is 9.25. The molecule has 0 aliphatic carbocycles. The quantitative estimate of drug-likeness (QED) is 0.284. The van der Waals surface area contributed by atoms with Crippen LogP contribution in [0.2, 0.25) is 0 Å². The molecule has 0 saturated heterocycles. The van der Waals surface area contributed by atoms with Crippen LogP contribution < -0.4 is 4.74 Å². The van der Waals surface area contributed by atoms with Crippen molar-refractivity contribution in [1.82, 2.24) is 35.1 Å². The van der Waals surface area contributed by atoms with E-state index >= 15 is 0 Å². The van der Waals surface area contributed by atoms with Crippen molar-refractivity contribution in [2.24, 2.45) is 0 Å². The molecule has 7 aromatic rings. The molecule has 0 aliphatic heterocycles. The molecule has 8 nitrogen and oxygen atoms in total. The summed E-state index contributed by atoms with van der Waals surface area (Å²) in [6.07, 6.45) is 10.7. The average Bonchev–Trinajstić information content (AvgIpc) is 3.61. The Morgan fingerprint density at radius 1 is 0.737 bits per heavy atom. The van der Waals surface area contributed by atoms with Gasteiger partial charge in [0.2, 0.25) is 0 Å². The molecule has 182 valence electrons. The minimum absolute atomic E-state index is 0.472. The number of hydrogen-bond acceptors (Lipinski definition) is 6. The lowest BCUT2D eigenvalue weighted by molar-refractivity contribution is 0.305. The molecule has 0 bridgehead atoms. The van der Waals surface area contributed by atoms with E-state index < -0.39 is 0 Å². The van der Waals surface area contributed by atoms with Crippen molar-refractivity contribution in [1.29, 1.82) is 0 Å². The SMILES string of the molecule is c1ccc(COc2cncc(-c3cc4c(-c5cc6c(-c7cccnc7)ccnc6[nH]5)n[nH]c4cn3)c2)cc1. The molecule has 0 atom stereocenters. The van der Waals surface area contributed by atoms with Crippen molar-refractivity contribution < 1.29 is 4.74 Å². The molecule has 0 radical (unpaired) electrons. The normalized spacial score (nSPS) is 11.3. The zero-order valence-electron chi connectivity index (χ0n) is 20.2. The highest BCUT2D eigenvalue weighted by molar-refractivity contribution is 6.00. The molecule has 0 saturated carbocycles. The summed E-state index contributed by atoms with van der Waals surface area (Å²) in [4.78, 5) is 21.3. The molecular weight excluding hydrogens is 474 g/mol. The second-order valence-electron chi connectivity index (χ2n) is 8.92. The van der Waals surface area contributed by atoms with Crippen molar-refractivity contribution in [2.75, 3.05) is 0 Å². The smallest absolute Gasteiger partial charge is 0.138 e. The molecule has 2 N–H and O–H groups in total. The van der Waals surface area contributed by atoms with Gasteiger partial charge in [0.25, 0.3) is 0 Å². The van der Waals surface area contributed by atoms with Crippen molar-refractivity contribution in [2.45, 2.75) is 6.61 Å². The van der Waals surface area contributed by atoms with Crippen LogP contribution in [-0.2, 0) is 6.61 Å². The van der Waals surface area contributed by atoms with E-state index in [1.807, 2.05) is 66.9 Å². The Bertz CT molecular complexity index is 1880. The molecule has 6 heterocycles. The van der Waals surface area contributed by atoms with Crippen LogP contribution in [0, 0.1) is 0 Å². The van der Waals surface area contributed by atoms with Gasteiger partial charge in [-0.3, -0.25) is 20.1 Å². The van der Waals surface area contributed by atoms with Crippen molar-refractivity contribution in [3.63, 3.8) is 0 Å². The number of nitrogens with one attached hydrogen (secondary N) is 2. The molecule has 0 unspecified atom stereocenters. The van der Waals surface area contributed by atoms with E-state index in [-0.39, 0.29) is 0 Å². The summed E-state index contributed by atoms with van der Waals surface area (Å²) in [5.74, 6) is 0.685. The summed E-state index contributed by atoms with van der Waals surface area (Å²) in [6, 6.07) is 22.1. The number of fused-ring (bicyclic) bond motifs is 2. The minimum Gasteiger partial charge on any atom is -0.487 e. The molecule has 6 aromatic heterocycles. The third-order valence-corrected chi connectivity index (χ3v) is 6.46. The number of H-pyrrole nitrogens is 2. The number of pyridine rings is 4. The fraction of sp³-hybridized carbons (Fsp3) is 0.0333. The summed E-state index contributed by atoms with van der Waals surface area (Å²) in [7, 11) is 0. The van der Waals surface area contributed by atoms with Crippen LogP contribution in [-0.4, -0.2) is 35.1 Å². The van der Waals surface area contributed by atoms with E-state index in [9.17, 15) is 0 Å². The van der Waals surface area contributed by atoms with Crippen LogP contribution in [0.5, 0.6) is 5.75 Å². The first kappa shape index (κ1) is 21.9. The van der Waals surface area contributed by atoms with Gasteiger partial charge in [-0.25, -0.2) is 4.98 Å². The Balaban J connectivity index is 1.24. The molecule has 0 aliphatic rings. The van der Waals surface area contributed by atoms with Gasteiger partial charge in [0.05, 0.1) is 29.3 Å². The van der Waals surface area contributed by atoms with E-state index in [1.54, 1.807) is 31.0 Å². The first-order valence-electron chi connectivity index (χ1n) is 12.2. The largest absolute Gasteiger partial charge is 0.487 e. The molecule has 8 heteroatoms. The van der Waals surface area contributed by atoms with E-state index in [0.717, 1.165) is 61.3 Å². The van der Waals surface area contributed by atoms with E-state index in [0.29, 0.717) is 12.4 Å². The second-order valence-corrected chi connectivity index (χ2v) is 8.92. The van der Waals surface area contributed by atoms with E-state index in [2.05, 4.69) is 41.2 Å². The third kappa shape index (κ3) is 4.04. The first-order chi connectivity index (χ1) is 18.8. The van der Waals surface area contributed by atoms with Gasteiger partial charge in [0.1, 0.15) is 23.7 Å². The molecule has 0 spiro atoms. The van der Waals surface area contributed by atoms with Gasteiger partial charge in [0, 0.05) is 46.7 Å². The summed E-state index contributed by atoms with van der Waals surface area (Å²) in [6.45, 7) is 0.472. The lowest BCUT2D eigenvalue weighted by Gasteiger charge is -2.08. The topological polar surface area (TPSA) is 105 Å². The fourth-order valence-electron chi connectivity index (χ4n) is 4.59. The molecule has 38 heavy (non-hydrogen) atoms. The Labute approximate surface area is 217 Å². The van der Waals surface area contributed by atoms with Gasteiger partial charge in [0.15, 0.2) is 0 Å². The maximum Gasteiger partial charge on any atom is 0.138 e. The fourth-order valence-corrected chi connectivity index (χ4v) is 4.59. The number of benzene rings is 1. The Morgan fingerprint density at radius 2 is 1.66 bits per heavy atom. The Morgan fingerprint density at radius 3 is 2.55 bits per heavy atom. The maximum atomic E-state index is 5.98. The Kier molecular flexibility index (Phi) is 5.33. The Hall–Kier alpha value is -5.37. The molecule has 0 amide bonds. The van der Waals surface area contributed by atoms with Gasteiger partial charge in [-0.15, -0.1) is 0 Å². The lowest BCUT2D eigenvalue weighted by atomic mass is 10.1. The zero-order chi connectivity index (χ0) is 25.3. The van der Waals surface area contributed by atoms with Crippen LogP contribution >= 0.6 is 0 Å². The van der Waals surface area contributed by atoms with E-state index in [4.69, 9.17) is 4.74 Å². The van der Waals surface area contributed by atoms with Gasteiger partial charge >= 0.3 is 0 Å². The number of rotatable bonds is 6. The predicted octanol–water partition coefficient (Wildman–Crippen LogP) is 6.20. The summed E-state index contributed by atoms with van der Waals surface area (Å²) in [5, 5.41) is 9.66. The van der Waals surface area contributed by atoms with Gasteiger partial charge < -0.3 is 9.72 Å². The molecular formula is C30H21N7O. The standard InChI is InChI=1S/C30H21N7O/c1-2-5-19(6-3-1)18-38-22-11-21(15-32-16-22)26-13-25-28(17-34-26)36-37-29(25)27-12-24-23(8-10-33-30(24)35-27)20-7-4-9-31-14-20/h1-17H,18H2,(H,33,35)(H,36,37). The maximum absolute atomic E-state index is 5.98. The van der Waals surface area contributed by atoms with Crippen LogP contribution in [0.15, 0.2) is 104 Å². The summed E-state index contributed by atoms with van der Waals surface area (Å²) in [5.41, 5.74) is 8.13. The van der Waals surface area contributed by atoms with Crippen LogP contribution in [0.1, 0.15) is 5.56 Å². The van der Waals surface area contributed by atoms with E-state index in [1.165, 1.54) is 0 Å². The lowest BCUT2D eigenvalue weighted by Crippen LogP contribution is -1.96. The van der Waals surface area contributed by atoms with Crippen LogP contribution in [0.25, 0.3) is 55.7 Å². The highest BCUT2D eigenvalue weighted by Gasteiger charge is 2.15. The number of nitrogens with zero attached hydrogens (tertiary/aromatic N) is 5. The average molecular weight is 496 g/mol. The summed E-state index contributed by atoms with van der Waals surface area (Å²) < 4.78 is 5.98. The van der Waals surface area contributed by atoms with Crippen molar-refractivity contribution in [3.8, 4) is 39.5 Å². The third-order valence-electron chi connectivity index (χ3n) is 6.46. The van der Waals surface area contributed by atoms with Gasteiger partial charge in [-0.2, -0.15) is 5.10 Å². The minimum atomic E-state index is 0.472. The van der Waals surface area contributed by atoms with Crippen LogP contribution in [0.4, 0.5) is 0 Å². The summed E-state index contributed by atoms with van der Waals surface area (Å²) >= 11 is 0. The highest BCUT2D eigenvalue weighted by atomic mass is 16.5. The van der Waals surface area contributed by atoms with Gasteiger partial charge in [-0.05, 0) is 41.5 Å². The first-order valence-corrected chi connectivity index (χ1v) is 12.2. The number of ether oxygens (including phenoxy) is 1. The monoisotopic (exact) mass is 495 g/mol. The number of aromatic nitrogens is 7. The van der Waals surface area contributed by atoms with Crippen molar-refractivity contribution >= 4 is 21.9 Å². The number of hydrogen-bond donors (Lipinski definition) is 2. The predicted molar refractivity (Wildman–Crippen MR) is 146 cm³/mol.